The van der Waals surface area contributed by atoms with E-state index in [9.17, 15) is 9.59 Å². The molecular weight excluding hydrogens is 411 g/mol. The van der Waals surface area contributed by atoms with Crippen LogP contribution in [0, 0.1) is 5.92 Å². The molecule has 2 bridgehead atoms. The largest absolute Gasteiger partial charge is 0.451 e. The molecule has 5 nitrogen and oxygen atoms in total. The van der Waals surface area contributed by atoms with Crippen molar-refractivity contribution < 1.29 is 9.21 Å². The summed E-state index contributed by atoms with van der Waals surface area (Å²) in [4.78, 5) is 27.1. The fraction of sp³-hybridized carbons (Fsp3) is 0.273. The first-order valence-electron chi connectivity index (χ1n) is 9.54. The smallest absolute Gasteiger partial charge is 0.289 e. The van der Waals surface area contributed by atoms with Crippen LogP contribution in [0.4, 0.5) is 0 Å². The second-order valence-corrected chi connectivity index (χ2v) is 8.54. The Morgan fingerprint density at radius 3 is 2.72 bits per heavy atom. The van der Waals surface area contributed by atoms with Gasteiger partial charge in [0.05, 0.1) is 5.02 Å². The average molecular weight is 429 g/mol. The van der Waals surface area contributed by atoms with Crippen LogP contribution in [0.2, 0.25) is 10.0 Å². The Hall–Kier alpha value is -2.50. The number of furan rings is 1. The quantitative estimate of drug-likeness (QED) is 0.595. The van der Waals surface area contributed by atoms with Crippen LogP contribution in [0.1, 0.15) is 28.6 Å². The lowest BCUT2D eigenvalue weighted by Gasteiger charge is -2.42. The molecule has 1 fully saturated rings. The van der Waals surface area contributed by atoms with E-state index >= 15 is 0 Å². The Kier molecular flexibility index (Phi) is 4.52. The van der Waals surface area contributed by atoms with Gasteiger partial charge in [0.25, 0.3) is 11.5 Å². The molecular formula is C22H18Cl2N2O3. The molecule has 0 N–H and O–H groups in total. The lowest BCUT2D eigenvalue weighted by molar-refractivity contribution is 0.0564. The molecule has 2 aromatic heterocycles. The second-order valence-electron chi connectivity index (χ2n) is 7.70. The number of aromatic nitrogens is 1. The number of rotatable bonds is 2. The van der Waals surface area contributed by atoms with Crippen LogP contribution in [-0.4, -0.2) is 28.5 Å². The number of likely N-dealkylation sites (tertiary alicyclic amines) is 1. The molecule has 0 unspecified atom stereocenters. The topological polar surface area (TPSA) is 55.5 Å². The van der Waals surface area contributed by atoms with Gasteiger partial charge in [-0.3, -0.25) is 9.59 Å². The Morgan fingerprint density at radius 1 is 1.03 bits per heavy atom. The van der Waals surface area contributed by atoms with Crippen molar-refractivity contribution in [2.24, 2.45) is 5.92 Å². The summed E-state index contributed by atoms with van der Waals surface area (Å²) in [5.41, 5.74) is 1.74. The molecule has 0 radical (unpaired) electrons. The third-order valence-corrected chi connectivity index (χ3v) is 6.33. The molecule has 0 saturated carbocycles. The molecule has 1 aromatic carbocycles. The summed E-state index contributed by atoms with van der Waals surface area (Å²) >= 11 is 12.2. The highest BCUT2D eigenvalue weighted by molar-refractivity contribution is 6.36. The number of nitrogens with zero attached hydrogens (tertiary/aromatic N) is 2. The van der Waals surface area contributed by atoms with Crippen molar-refractivity contribution in [1.29, 1.82) is 0 Å². The monoisotopic (exact) mass is 428 g/mol. The van der Waals surface area contributed by atoms with Gasteiger partial charge in [0, 0.05) is 47.9 Å². The van der Waals surface area contributed by atoms with Gasteiger partial charge in [0.2, 0.25) is 0 Å². The van der Waals surface area contributed by atoms with E-state index in [-0.39, 0.29) is 29.1 Å². The highest BCUT2D eigenvalue weighted by Crippen LogP contribution is 2.36. The number of benzene rings is 1. The van der Waals surface area contributed by atoms with Crippen LogP contribution in [0.25, 0.3) is 11.3 Å². The molecule has 1 amide bonds. The second kappa shape index (κ2) is 7.08. The van der Waals surface area contributed by atoms with E-state index in [2.05, 4.69) is 0 Å². The van der Waals surface area contributed by atoms with Crippen LogP contribution < -0.4 is 5.56 Å². The molecule has 2 aliphatic rings. The van der Waals surface area contributed by atoms with Gasteiger partial charge in [-0.05, 0) is 48.7 Å². The first-order valence-corrected chi connectivity index (χ1v) is 10.3. The minimum Gasteiger partial charge on any atom is -0.451 e. The minimum absolute atomic E-state index is 0.0347. The van der Waals surface area contributed by atoms with Crippen molar-refractivity contribution in [2.45, 2.75) is 18.9 Å². The van der Waals surface area contributed by atoms with Gasteiger partial charge < -0.3 is 13.9 Å². The summed E-state index contributed by atoms with van der Waals surface area (Å²) in [5.74, 6) is 1.12. The lowest BCUT2D eigenvalue weighted by atomic mass is 9.83. The summed E-state index contributed by atoms with van der Waals surface area (Å²) in [7, 11) is 0. The number of piperidine rings is 1. The van der Waals surface area contributed by atoms with E-state index < -0.39 is 0 Å². The first kappa shape index (κ1) is 18.5. The van der Waals surface area contributed by atoms with Crippen LogP contribution in [0.5, 0.6) is 0 Å². The SMILES string of the molecule is O=C(c1ccc(-c2ccc(Cl)cc2Cl)o1)N1C[C@H]2C[C@H](C1)c1cccc(=O)n1C2. The summed E-state index contributed by atoms with van der Waals surface area (Å²) in [5, 5.41) is 1.02. The van der Waals surface area contributed by atoms with Crippen molar-refractivity contribution in [1.82, 2.24) is 9.47 Å². The Labute approximate surface area is 177 Å². The van der Waals surface area contributed by atoms with E-state index in [1.807, 2.05) is 15.5 Å². The number of carbonyl (C=O) groups is 1. The number of carbonyl (C=O) groups excluding carboxylic acids is 1. The third kappa shape index (κ3) is 3.28. The fourth-order valence-electron chi connectivity index (χ4n) is 4.51. The zero-order chi connectivity index (χ0) is 20.1. The highest BCUT2D eigenvalue weighted by atomic mass is 35.5. The minimum atomic E-state index is -0.136. The number of hydrogen-bond acceptors (Lipinski definition) is 3. The molecule has 4 heterocycles. The standard InChI is InChI=1S/C22H18Cl2N2O3/c23-15-4-5-16(17(24)9-15)19-6-7-20(29-19)22(28)25-10-13-8-14(12-25)18-2-1-3-21(27)26(18)11-13/h1-7,9,13-14H,8,10-12H2/t13-,14-/m1/s1. The Balaban J connectivity index is 1.40. The van der Waals surface area contributed by atoms with E-state index in [0.717, 1.165) is 12.1 Å². The molecule has 3 aromatic rings. The Bertz CT molecular complexity index is 1170. The normalized spacial score (nSPS) is 20.4. The number of pyridine rings is 1. The van der Waals surface area contributed by atoms with Crippen molar-refractivity contribution in [2.75, 3.05) is 13.1 Å². The van der Waals surface area contributed by atoms with Crippen LogP contribution >= 0.6 is 23.2 Å². The average Bonchev–Trinajstić information content (AvgIpc) is 3.18. The Morgan fingerprint density at radius 2 is 1.90 bits per heavy atom. The van der Waals surface area contributed by atoms with Crippen molar-refractivity contribution in [3.63, 3.8) is 0 Å². The van der Waals surface area contributed by atoms with E-state index in [1.54, 1.807) is 42.5 Å². The summed E-state index contributed by atoms with van der Waals surface area (Å²) < 4.78 is 7.70. The first-order chi connectivity index (χ1) is 14.0. The van der Waals surface area contributed by atoms with Crippen molar-refractivity contribution >= 4 is 29.1 Å². The van der Waals surface area contributed by atoms with Gasteiger partial charge >= 0.3 is 0 Å². The molecule has 0 spiro atoms. The van der Waals surface area contributed by atoms with E-state index in [1.165, 1.54) is 0 Å². The van der Waals surface area contributed by atoms with E-state index in [4.69, 9.17) is 27.6 Å². The van der Waals surface area contributed by atoms with Gasteiger partial charge in [-0.15, -0.1) is 0 Å². The summed E-state index contributed by atoms with van der Waals surface area (Å²) in [6, 6.07) is 14.0. The molecule has 2 atom stereocenters. The fourth-order valence-corrected chi connectivity index (χ4v) is 5.01. The molecule has 5 rings (SSSR count). The van der Waals surface area contributed by atoms with Crippen molar-refractivity contribution in [3.05, 3.63) is 80.4 Å². The van der Waals surface area contributed by atoms with E-state index in [0.29, 0.717) is 41.0 Å². The van der Waals surface area contributed by atoms with Gasteiger partial charge in [0.15, 0.2) is 5.76 Å². The predicted molar refractivity (Wildman–Crippen MR) is 112 cm³/mol. The zero-order valence-electron chi connectivity index (χ0n) is 15.5. The van der Waals surface area contributed by atoms with Gasteiger partial charge in [0.1, 0.15) is 5.76 Å². The van der Waals surface area contributed by atoms with Crippen LogP contribution in [-0.2, 0) is 6.54 Å². The zero-order valence-corrected chi connectivity index (χ0v) is 17.0. The van der Waals surface area contributed by atoms with Gasteiger partial charge in [-0.2, -0.15) is 0 Å². The molecule has 1 saturated heterocycles. The molecule has 2 aliphatic heterocycles. The number of hydrogen-bond donors (Lipinski definition) is 0. The highest BCUT2D eigenvalue weighted by Gasteiger charge is 2.37. The van der Waals surface area contributed by atoms with Crippen LogP contribution in [0.15, 0.2) is 57.7 Å². The summed E-state index contributed by atoms with van der Waals surface area (Å²) in [6.45, 7) is 1.85. The number of amides is 1. The van der Waals surface area contributed by atoms with Gasteiger partial charge in [-0.25, -0.2) is 0 Å². The van der Waals surface area contributed by atoms with Crippen LogP contribution in [0.3, 0.4) is 0 Å². The maximum Gasteiger partial charge on any atom is 0.289 e. The maximum atomic E-state index is 13.1. The number of fused-ring (bicyclic) bond motifs is 4. The van der Waals surface area contributed by atoms with Gasteiger partial charge in [-0.1, -0.05) is 29.3 Å². The third-order valence-electron chi connectivity index (χ3n) is 5.78. The predicted octanol–water partition coefficient (Wildman–Crippen LogP) is 4.67. The lowest BCUT2D eigenvalue weighted by Crippen LogP contribution is -2.49. The molecule has 0 aliphatic carbocycles. The molecule has 7 heteroatoms. The molecule has 148 valence electrons. The summed E-state index contributed by atoms with van der Waals surface area (Å²) in [6.07, 6.45) is 0.997. The van der Waals surface area contributed by atoms with Crippen molar-refractivity contribution in [3.8, 4) is 11.3 Å². The number of halogens is 2. The maximum absolute atomic E-state index is 13.1. The molecule has 29 heavy (non-hydrogen) atoms.